The average molecular weight is 519 g/mol. The molecule has 0 radical (unpaired) electrons. The molecule has 4 atom stereocenters. The summed E-state index contributed by atoms with van der Waals surface area (Å²) in [4.78, 5) is 38.4. The van der Waals surface area contributed by atoms with Gasteiger partial charge in [0.15, 0.2) is 0 Å². The van der Waals surface area contributed by atoms with Gasteiger partial charge < -0.3 is 25.0 Å². The minimum absolute atomic E-state index is 0.0256. The molecule has 5 heterocycles. The van der Waals surface area contributed by atoms with Gasteiger partial charge in [0.25, 0.3) is 0 Å². The number of carbonyl (C=O) groups is 2. The second-order valence-corrected chi connectivity index (χ2v) is 10.9. The van der Waals surface area contributed by atoms with E-state index in [-0.39, 0.29) is 18.1 Å². The van der Waals surface area contributed by atoms with Crippen LogP contribution in [-0.2, 0) is 9.53 Å². The van der Waals surface area contributed by atoms with Crippen LogP contribution in [0.25, 0.3) is 11.0 Å². The number of rotatable bonds is 6. The Morgan fingerprint density at radius 1 is 1.16 bits per heavy atom. The number of fused-ring (bicyclic) bond motifs is 3. The number of anilines is 3. The number of methoxy groups -OCH3 is 1. The molecule has 0 unspecified atom stereocenters. The van der Waals surface area contributed by atoms with Gasteiger partial charge in [0, 0.05) is 48.5 Å². The lowest BCUT2D eigenvalue weighted by atomic mass is 10.2. The predicted octanol–water partition coefficient (Wildman–Crippen LogP) is 2.73. The number of benzene rings is 1. The predicted molar refractivity (Wildman–Crippen MR) is 140 cm³/mol. The van der Waals surface area contributed by atoms with Crippen LogP contribution < -0.4 is 25.2 Å². The Morgan fingerprint density at radius 2 is 2.03 bits per heavy atom. The molecule has 37 heavy (non-hydrogen) atoms. The average Bonchev–Trinajstić information content (AvgIpc) is 3.21. The number of amides is 2. The number of piperidine rings is 1. The van der Waals surface area contributed by atoms with Gasteiger partial charge in [0.1, 0.15) is 11.6 Å². The van der Waals surface area contributed by atoms with Crippen molar-refractivity contribution in [1.82, 2.24) is 15.3 Å². The van der Waals surface area contributed by atoms with Crippen LogP contribution in [0.4, 0.5) is 21.9 Å². The van der Waals surface area contributed by atoms with Gasteiger partial charge >= 0.3 is 6.09 Å². The number of thioether (sulfide) groups is 1. The van der Waals surface area contributed by atoms with E-state index in [1.807, 2.05) is 42.6 Å². The Morgan fingerprint density at radius 3 is 2.86 bits per heavy atom. The zero-order valence-electron chi connectivity index (χ0n) is 20.2. The van der Waals surface area contributed by atoms with Gasteiger partial charge in [-0.1, -0.05) is 0 Å². The van der Waals surface area contributed by atoms with Crippen LogP contribution in [-0.4, -0.2) is 73.2 Å². The van der Waals surface area contributed by atoms with E-state index in [2.05, 4.69) is 25.5 Å². The summed E-state index contributed by atoms with van der Waals surface area (Å²) >= 11 is 1.50. The van der Waals surface area contributed by atoms with Crippen LogP contribution in [0.15, 0.2) is 47.5 Å². The van der Waals surface area contributed by atoms with Crippen LogP contribution in [0.5, 0.6) is 5.88 Å². The van der Waals surface area contributed by atoms with Crippen molar-refractivity contribution in [2.24, 2.45) is 11.8 Å². The van der Waals surface area contributed by atoms with Gasteiger partial charge in [0.2, 0.25) is 11.8 Å². The number of pyridine rings is 2. The topological polar surface area (TPSA) is 109 Å². The molecule has 3 aliphatic heterocycles. The Bertz CT molecular complexity index is 1410. The van der Waals surface area contributed by atoms with E-state index in [0.29, 0.717) is 42.6 Å². The third kappa shape index (κ3) is 4.02. The van der Waals surface area contributed by atoms with E-state index >= 15 is 0 Å². The molecule has 2 N–H and O–H groups in total. The van der Waals surface area contributed by atoms with Gasteiger partial charge in [-0.15, -0.1) is 11.8 Å². The largest absolute Gasteiger partial charge is 0.481 e. The molecule has 3 fully saturated rings. The molecule has 2 aromatic heterocycles. The molecule has 7 rings (SSSR count). The van der Waals surface area contributed by atoms with Gasteiger partial charge in [-0.05, 0) is 42.2 Å². The molecule has 1 aromatic carbocycles. The number of cyclic esters (lactones) is 1. The molecule has 1 saturated carbocycles. The van der Waals surface area contributed by atoms with Crippen molar-refractivity contribution in [1.29, 1.82) is 0 Å². The zero-order chi connectivity index (χ0) is 25.1. The van der Waals surface area contributed by atoms with Gasteiger partial charge in [-0.2, -0.15) is 0 Å². The Hall–Kier alpha value is -3.57. The van der Waals surface area contributed by atoms with Crippen molar-refractivity contribution in [3.63, 3.8) is 0 Å². The van der Waals surface area contributed by atoms with E-state index in [4.69, 9.17) is 9.47 Å². The van der Waals surface area contributed by atoms with E-state index in [9.17, 15) is 9.59 Å². The number of nitrogens with zero attached hydrogens (tertiary/aromatic N) is 4. The highest BCUT2D eigenvalue weighted by Crippen LogP contribution is 2.47. The maximum absolute atomic E-state index is 12.6. The molecular formula is C26H26N6O4S. The molecule has 1 aliphatic carbocycles. The van der Waals surface area contributed by atoms with E-state index in [1.165, 1.54) is 11.8 Å². The molecule has 4 aliphatic rings. The summed E-state index contributed by atoms with van der Waals surface area (Å²) < 4.78 is 11.0. The van der Waals surface area contributed by atoms with Gasteiger partial charge in [0.05, 0.1) is 36.3 Å². The second kappa shape index (κ2) is 8.77. The van der Waals surface area contributed by atoms with Crippen LogP contribution >= 0.6 is 11.8 Å². The lowest BCUT2D eigenvalue weighted by Crippen LogP contribution is -2.36. The molecule has 0 bridgehead atoms. The lowest BCUT2D eigenvalue weighted by Gasteiger charge is -2.23. The Balaban J connectivity index is 0.956. The fourth-order valence-electron chi connectivity index (χ4n) is 5.73. The lowest BCUT2D eigenvalue weighted by molar-refractivity contribution is -0.113. The normalized spacial score (nSPS) is 26.1. The highest BCUT2D eigenvalue weighted by atomic mass is 32.2. The second-order valence-electron chi connectivity index (χ2n) is 9.85. The molecule has 3 aromatic rings. The quantitative estimate of drug-likeness (QED) is 0.509. The first-order valence-corrected chi connectivity index (χ1v) is 13.4. The minimum Gasteiger partial charge on any atom is -0.481 e. The van der Waals surface area contributed by atoms with E-state index in [0.717, 1.165) is 46.1 Å². The van der Waals surface area contributed by atoms with Crippen LogP contribution in [0.2, 0.25) is 0 Å². The number of ether oxygens (including phenoxy) is 2. The van der Waals surface area contributed by atoms with Crippen LogP contribution in [0.3, 0.4) is 0 Å². The van der Waals surface area contributed by atoms with E-state index < -0.39 is 0 Å². The van der Waals surface area contributed by atoms with Crippen molar-refractivity contribution in [3.8, 4) is 5.88 Å². The number of nitrogens with one attached hydrogen (secondary N) is 2. The van der Waals surface area contributed by atoms with Gasteiger partial charge in [-0.25, -0.2) is 9.78 Å². The summed E-state index contributed by atoms with van der Waals surface area (Å²) in [7, 11) is 1.62. The summed E-state index contributed by atoms with van der Waals surface area (Å²) in [5.41, 5.74) is 4.31. The van der Waals surface area contributed by atoms with Crippen molar-refractivity contribution in [3.05, 3.63) is 42.6 Å². The molecule has 0 spiro atoms. The molecule has 2 saturated heterocycles. The Kier molecular flexibility index (Phi) is 5.36. The van der Waals surface area contributed by atoms with E-state index in [1.54, 1.807) is 12.0 Å². The highest BCUT2D eigenvalue weighted by Gasteiger charge is 2.56. The number of hydrogen-bond donors (Lipinski definition) is 2. The summed E-state index contributed by atoms with van der Waals surface area (Å²) in [5.74, 6) is 2.09. The first-order valence-electron chi connectivity index (χ1n) is 12.4. The third-order valence-corrected chi connectivity index (χ3v) is 8.72. The third-order valence-electron chi connectivity index (χ3n) is 7.64. The molecule has 190 valence electrons. The maximum Gasteiger partial charge on any atom is 0.414 e. The Labute approximate surface area is 217 Å². The molecule has 10 nitrogen and oxygen atoms in total. The highest BCUT2D eigenvalue weighted by molar-refractivity contribution is 8.00. The minimum atomic E-state index is -0.351. The van der Waals surface area contributed by atoms with Crippen LogP contribution in [0.1, 0.15) is 0 Å². The van der Waals surface area contributed by atoms with Crippen molar-refractivity contribution in [2.75, 3.05) is 54.2 Å². The molecule has 11 heteroatoms. The summed E-state index contributed by atoms with van der Waals surface area (Å²) in [6.45, 7) is 3.01. The first-order chi connectivity index (χ1) is 18.1. The first kappa shape index (κ1) is 22.6. The molecule has 2 amide bonds. The standard InChI is InChI=1S/C26H26N6O4S/c1-35-23-5-3-18-25(30-23)20(6-7-27-18)31-11-16-17(12-31)24(16)28-9-15-10-32(26(34)36-15)14-2-4-21-19(8-14)29-22(33)13-37-21/h2-8,15-17,24,28H,9-13H2,1H3,(H,29,33)/t15-,16-,17+,24+/m1/s1. The van der Waals surface area contributed by atoms with Crippen molar-refractivity contribution >= 4 is 51.9 Å². The smallest absolute Gasteiger partial charge is 0.414 e. The summed E-state index contributed by atoms with van der Waals surface area (Å²) in [5, 5.41) is 6.52. The SMILES string of the molecule is COc1ccc2nccc(N3C[C@@H]4[C@H](C3)[C@H]4NC[C@@H]3CN(c4ccc5c(c4)NC(=O)CS5)C(=O)O3)c2n1. The maximum atomic E-state index is 12.6. The fourth-order valence-corrected chi connectivity index (χ4v) is 6.52. The monoisotopic (exact) mass is 518 g/mol. The fraction of sp³-hybridized carbons (Fsp3) is 0.385. The summed E-state index contributed by atoms with van der Waals surface area (Å²) in [6, 6.07) is 11.9. The number of hydrogen-bond acceptors (Lipinski definition) is 9. The zero-order valence-corrected chi connectivity index (χ0v) is 21.0. The summed E-state index contributed by atoms with van der Waals surface area (Å²) in [6.07, 6.45) is 1.27. The molecular weight excluding hydrogens is 492 g/mol. The number of aromatic nitrogens is 2. The van der Waals surface area contributed by atoms with Gasteiger partial charge in [-0.3, -0.25) is 14.7 Å². The van der Waals surface area contributed by atoms with Crippen molar-refractivity contribution in [2.45, 2.75) is 17.0 Å². The van der Waals surface area contributed by atoms with Crippen LogP contribution in [0, 0.1) is 11.8 Å². The number of carbonyl (C=O) groups excluding carboxylic acids is 2. The van der Waals surface area contributed by atoms with Crippen molar-refractivity contribution < 1.29 is 19.1 Å².